The molecule has 2 aromatic carbocycles. The zero-order valence-electron chi connectivity index (χ0n) is 10.3. The minimum atomic E-state index is -0.984. The van der Waals surface area contributed by atoms with E-state index in [0.29, 0.717) is 5.02 Å². The van der Waals surface area contributed by atoms with Gasteiger partial charge in [-0.1, -0.05) is 23.2 Å². The lowest BCUT2D eigenvalue weighted by Gasteiger charge is -2.07. The van der Waals surface area contributed by atoms with E-state index in [1.165, 1.54) is 24.3 Å². The SMILES string of the molecule is O=C(Nc1ccc(F)c([N+](=O)[O-])c1)c1ccc(Cl)cc1Cl. The molecule has 0 unspecified atom stereocenters. The number of hydrogen-bond acceptors (Lipinski definition) is 3. The summed E-state index contributed by atoms with van der Waals surface area (Å²) in [5.74, 6) is -1.57. The van der Waals surface area contributed by atoms with Crippen LogP contribution in [0.2, 0.25) is 10.0 Å². The normalized spacial score (nSPS) is 10.2. The third kappa shape index (κ3) is 3.48. The van der Waals surface area contributed by atoms with E-state index in [1.807, 2.05) is 0 Å². The van der Waals surface area contributed by atoms with Gasteiger partial charge in [-0.3, -0.25) is 14.9 Å². The molecule has 2 rings (SSSR count). The number of anilines is 1. The van der Waals surface area contributed by atoms with Gasteiger partial charge < -0.3 is 5.32 Å². The van der Waals surface area contributed by atoms with Gasteiger partial charge in [-0.15, -0.1) is 0 Å². The molecule has 1 N–H and O–H groups in total. The van der Waals surface area contributed by atoms with Crippen molar-refractivity contribution in [3.05, 3.63) is 67.9 Å². The molecule has 0 aromatic heterocycles. The van der Waals surface area contributed by atoms with Gasteiger partial charge in [0.25, 0.3) is 5.91 Å². The van der Waals surface area contributed by atoms with Crippen molar-refractivity contribution in [3.63, 3.8) is 0 Å². The summed E-state index contributed by atoms with van der Waals surface area (Å²) < 4.78 is 13.2. The molecule has 108 valence electrons. The molecule has 2 aromatic rings. The van der Waals surface area contributed by atoms with Crippen molar-refractivity contribution in [2.45, 2.75) is 0 Å². The fraction of sp³-hybridized carbons (Fsp3) is 0. The lowest BCUT2D eigenvalue weighted by atomic mass is 10.2. The minimum absolute atomic E-state index is 0.0825. The number of nitrogens with zero attached hydrogens (tertiary/aromatic N) is 1. The van der Waals surface area contributed by atoms with Crippen molar-refractivity contribution in [2.24, 2.45) is 0 Å². The first kappa shape index (κ1) is 15.2. The summed E-state index contributed by atoms with van der Waals surface area (Å²) in [6, 6.07) is 7.33. The summed E-state index contributed by atoms with van der Waals surface area (Å²) in [4.78, 5) is 21.8. The summed E-state index contributed by atoms with van der Waals surface area (Å²) in [5.41, 5.74) is -0.498. The number of carbonyl (C=O) groups excluding carboxylic acids is 1. The van der Waals surface area contributed by atoms with Crippen LogP contribution in [0.15, 0.2) is 36.4 Å². The second kappa shape index (κ2) is 6.07. The van der Waals surface area contributed by atoms with Gasteiger partial charge in [0.1, 0.15) is 0 Å². The predicted octanol–water partition coefficient (Wildman–Crippen LogP) is 4.29. The molecule has 1 amide bonds. The average molecular weight is 329 g/mol. The summed E-state index contributed by atoms with van der Waals surface area (Å²) in [6.07, 6.45) is 0. The van der Waals surface area contributed by atoms with E-state index >= 15 is 0 Å². The van der Waals surface area contributed by atoms with Crippen LogP contribution in [0.3, 0.4) is 0 Å². The topological polar surface area (TPSA) is 72.2 Å². The van der Waals surface area contributed by atoms with Crippen LogP contribution in [-0.2, 0) is 0 Å². The summed E-state index contributed by atoms with van der Waals surface area (Å²) in [5, 5.41) is 13.5. The van der Waals surface area contributed by atoms with Crippen LogP contribution in [0, 0.1) is 15.9 Å². The van der Waals surface area contributed by atoms with Gasteiger partial charge in [0.2, 0.25) is 5.82 Å². The molecule has 5 nitrogen and oxygen atoms in total. The average Bonchev–Trinajstić information content (AvgIpc) is 2.40. The molecule has 0 bridgehead atoms. The van der Waals surface area contributed by atoms with Crippen molar-refractivity contribution in [1.82, 2.24) is 0 Å². The Morgan fingerprint density at radius 1 is 1.19 bits per heavy atom. The molecular weight excluding hydrogens is 322 g/mol. The Kier molecular flexibility index (Phi) is 4.40. The number of nitrogens with one attached hydrogen (secondary N) is 1. The molecule has 0 saturated heterocycles. The highest BCUT2D eigenvalue weighted by atomic mass is 35.5. The number of rotatable bonds is 3. The molecule has 0 aliphatic rings. The van der Waals surface area contributed by atoms with Crippen molar-refractivity contribution in [2.75, 3.05) is 5.32 Å². The number of nitro benzene ring substituents is 1. The van der Waals surface area contributed by atoms with Gasteiger partial charge in [0.15, 0.2) is 0 Å². The smallest absolute Gasteiger partial charge is 0.306 e. The number of hydrogen-bond donors (Lipinski definition) is 1. The fourth-order valence-electron chi connectivity index (χ4n) is 1.60. The van der Waals surface area contributed by atoms with E-state index in [0.717, 1.165) is 12.1 Å². The van der Waals surface area contributed by atoms with Crippen molar-refractivity contribution in [3.8, 4) is 0 Å². The maximum absolute atomic E-state index is 13.2. The Hall–Kier alpha value is -2.18. The van der Waals surface area contributed by atoms with E-state index in [1.54, 1.807) is 0 Å². The number of halogens is 3. The van der Waals surface area contributed by atoms with Crippen LogP contribution in [0.25, 0.3) is 0 Å². The monoisotopic (exact) mass is 328 g/mol. The number of amides is 1. The maximum atomic E-state index is 13.2. The largest absolute Gasteiger partial charge is 0.322 e. The molecule has 0 radical (unpaired) electrons. The number of carbonyl (C=O) groups is 1. The highest BCUT2D eigenvalue weighted by Gasteiger charge is 2.16. The fourth-order valence-corrected chi connectivity index (χ4v) is 2.10. The van der Waals surface area contributed by atoms with Gasteiger partial charge in [0.05, 0.1) is 15.5 Å². The third-order valence-corrected chi connectivity index (χ3v) is 3.12. The highest BCUT2D eigenvalue weighted by molar-refractivity contribution is 6.37. The Labute approximate surface area is 128 Å². The molecule has 0 fully saturated rings. The van der Waals surface area contributed by atoms with E-state index in [4.69, 9.17) is 23.2 Å². The summed E-state index contributed by atoms with van der Waals surface area (Å²) >= 11 is 11.6. The maximum Gasteiger partial charge on any atom is 0.306 e. The van der Waals surface area contributed by atoms with Crippen LogP contribution in [-0.4, -0.2) is 10.8 Å². The van der Waals surface area contributed by atoms with Crippen LogP contribution in [0.1, 0.15) is 10.4 Å². The van der Waals surface area contributed by atoms with Crippen molar-refractivity contribution < 1.29 is 14.1 Å². The van der Waals surface area contributed by atoms with Crippen LogP contribution >= 0.6 is 23.2 Å². The Balaban J connectivity index is 2.27. The number of benzene rings is 2. The van der Waals surface area contributed by atoms with E-state index in [9.17, 15) is 19.3 Å². The molecule has 0 aliphatic carbocycles. The molecule has 0 spiro atoms. The standard InChI is InChI=1S/C13H7Cl2FN2O3/c14-7-1-3-9(10(15)5-7)13(19)17-8-2-4-11(16)12(6-8)18(20)21/h1-6H,(H,17,19). The van der Waals surface area contributed by atoms with Gasteiger partial charge in [0, 0.05) is 16.8 Å². The molecule has 0 heterocycles. The quantitative estimate of drug-likeness (QED) is 0.674. The lowest BCUT2D eigenvalue weighted by molar-refractivity contribution is -0.387. The molecule has 8 heteroatoms. The molecule has 21 heavy (non-hydrogen) atoms. The molecule has 0 atom stereocenters. The van der Waals surface area contributed by atoms with Crippen LogP contribution in [0.5, 0.6) is 0 Å². The summed E-state index contributed by atoms with van der Waals surface area (Å²) in [6.45, 7) is 0. The predicted molar refractivity (Wildman–Crippen MR) is 77.5 cm³/mol. The lowest BCUT2D eigenvalue weighted by Crippen LogP contribution is -2.12. The molecular formula is C13H7Cl2FN2O3. The Morgan fingerprint density at radius 3 is 2.52 bits per heavy atom. The van der Waals surface area contributed by atoms with E-state index in [-0.39, 0.29) is 16.3 Å². The second-order valence-electron chi connectivity index (χ2n) is 4.00. The van der Waals surface area contributed by atoms with Gasteiger partial charge in [-0.05, 0) is 30.3 Å². The van der Waals surface area contributed by atoms with E-state index in [2.05, 4.69) is 5.32 Å². The van der Waals surface area contributed by atoms with Crippen LogP contribution in [0.4, 0.5) is 15.8 Å². The first-order valence-corrected chi connectivity index (χ1v) is 6.34. The minimum Gasteiger partial charge on any atom is -0.322 e. The zero-order chi connectivity index (χ0) is 15.6. The third-order valence-electron chi connectivity index (χ3n) is 2.58. The first-order chi connectivity index (χ1) is 9.88. The second-order valence-corrected chi connectivity index (χ2v) is 4.85. The van der Waals surface area contributed by atoms with Gasteiger partial charge in [-0.2, -0.15) is 4.39 Å². The van der Waals surface area contributed by atoms with Crippen LogP contribution < -0.4 is 5.32 Å². The molecule has 0 aliphatic heterocycles. The van der Waals surface area contributed by atoms with Gasteiger partial charge in [-0.25, -0.2) is 0 Å². The summed E-state index contributed by atoms with van der Waals surface area (Å²) in [7, 11) is 0. The zero-order valence-corrected chi connectivity index (χ0v) is 11.8. The first-order valence-electron chi connectivity index (χ1n) is 5.59. The Morgan fingerprint density at radius 2 is 1.90 bits per heavy atom. The Bertz CT molecular complexity index is 737. The van der Waals surface area contributed by atoms with Gasteiger partial charge >= 0.3 is 5.69 Å². The number of nitro groups is 1. The van der Waals surface area contributed by atoms with Crippen molar-refractivity contribution in [1.29, 1.82) is 0 Å². The van der Waals surface area contributed by atoms with Crippen molar-refractivity contribution >= 4 is 40.5 Å². The highest BCUT2D eigenvalue weighted by Crippen LogP contribution is 2.24. The molecule has 0 saturated carbocycles. The van der Waals surface area contributed by atoms with E-state index < -0.39 is 22.3 Å².